The van der Waals surface area contributed by atoms with Crippen LogP contribution in [0.15, 0.2) is 6.07 Å². The van der Waals surface area contributed by atoms with E-state index in [1.54, 1.807) is 6.92 Å². The van der Waals surface area contributed by atoms with Gasteiger partial charge in [0.1, 0.15) is 5.69 Å². The van der Waals surface area contributed by atoms with Crippen LogP contribution in [0, 0.1) is 11.3 Å². The van der Waals surface area contributed by atoms with Gasteiger partial charge in [-0.25, -0.2) is 4.79 Å². The Morgan fingerprint density at radius 1 is 1.58 bits per heavy atom. The molecule has 1 aliphatic rings. The Labute approximate surface area is 111 Å². The van der Waals surface area contributed by atoms with Gasteiger partial charge < -0.3 is 10.1 Å². The SMILES string of the molecule is CCOC(=O)c1cc(NC(=O)[C@@H]2C[C@@]2(C)CC)n[nH]1. The lowest BCUT2D eigenvalue weighted by molar-refractivity contribution is -0.118. The summed E-state index contributed by atoms with van der Waals surface area (Å²) in [6, 6.07) is 1.49. The van der Waals surface area contributed by atoms with Gasteiger partial charge in [0.05, 0.1) is 6.61 Å². The highest BCUT2D eigenvalue weighted by Gasteiger charge is 2.52. The van der Waals surface area contributed by atoms with Gasteiger partial charge in [0.2, 0.25) is 5.91 Å². The van der Waals surface area contributed by atoms with E-state index in [0.717, 1.165) is 12.8 Å². The minimum absolute atomic E-state index is 0.0359. The van der Waals surface area contributed by atoms with Crippen LogP contribution in [0.1, 0.15) is 44.1 Å². The lowest BCUT2D eigenvalue weighted by Crippen LogP contribution is -2.17. The maximum Gasteiger partial charge on any atom is 0.356 e. The van der Waals surface area contributed by atoms with Gasteiger partial charge in [-0.3, -0.25) is 9.89 Å². The largest absolute Gasteiger partial charge is 0.461 e. The first-order chi connectivity index (χ1) is 9.00. The summed E-state index contributed by atoms with van der Waals surface area (Å²) in [5, 5.41) is 9.16. The second-order valence-electron chi connectivity index (χ2n) is 5.14. The molecule has 0 saturated heterocycles. The van der Waals surface area contributed by atoms with Gasteiger partial charge in [-0.2, -0.15) is 5.10 Å². The number of ether oxygens (including phenoxy) is 1. The molecule has 6 nitrogen and oxygen atoms in total. The highest BCUT2D eigenvalue weighted by atomic mass is 16.5. The molecule has 1 saturated carbocycles. The molecule has 2 rings (SSSR count). The molecule has 0 aromatic carbocycles. The van der Waals surface area contributed by atoms with Crippen LogP contribution in [0.3, 0.4) is 0 Å². The molecular formula is C13H19N3O3. The highest BCUT2D eigenvalue weighted by molar-refractivity contribution is 5.95. The van der Waals surface area contributed by atoms with Crippen LogP contribution in [-0.4, -0.2) is 28.7 Å². The molecule has 1 fully saturated rings. The Kier molecular flexibility index (Phi) is 3.59. The molecule has 1 amide bonds. The Hall–Kier alpha value is -1.85. The van der Waals surface area contributed by atoms with E-state index in [1.807, 2.05) is 0 Å². The molecule has 1 aromatic heterocycles. The van der Waals surface area contributed by atoms with Gasteiger partial charge in [-0.1, -0.05) is 13.8 Å². The van der Waals surface area contributed by atoms with Crippen molar-refractivity contribution in [1.29, 1.82) is 0 Å². The van der Waals surface area contributed by atoms with E-state index in [1.165, 1.54) is 6.07 Å². The Bertz CT molecular complexity index is 497. The van der Waals surface area contributed by atoms with Crippen molar-refractivity contribution in [1.82, 2.24) is 10.2 Å². The van der Waals surface area contributed by atoms with Crippen molar-refractivity contribution in [2.45, 2.75) is 33.6 Å². The van der Waals surface area contributed by atoms with E-state index in [2.05, 4.69) is 29.4 Å². The Morgan fingerprint density at radius 3 is 2.89 bits per heavy atom. The van der Waals surface area contributed by atoms with Crippen LogP contribution in [-0.2, 0) is 9.53 Å². The summed E-state index contributed by atoms with van der Waals surface area (Å²) in [5.74, 6) is -0.106. The molecule has 1 heterocycles. The topological polar surface area (TPSA) is 84.1 Å². The van der Waals surface area contributed by atoms with Crippen molar-refractivity contribution in [3.05, 3.63) is 11.8 Å². The second-order valence-corrected chi connectivity index (χ2v) is 5.14. The normalized spacial score (nSPS) is 24.9. The zero-order chi connectivity index (χ0) is 14.0. The van der Waals surface area contributed by atoms with E-state index in [0.29, 0.717) is 12.4 Å². The van der Waals surface area contributed by atoms with E-state index in [9.17, 15) is 9.59 Å². The number of hydrogen-bond acceptors (Lipinski definition) is 4. The quantitative estimate of drug-likeness (QED) is 0.797. The number of aromatic amines is 1. The summed E-state index contributed by atoms with van der Waals surface area (Å²) in [6.45, 7) is 6.22. The summed E-state index contributed by atoms with van der Waals surface area (Å²) >= 11 is 0. The second kappa shape index (κ2) is 5.03. The van der Waals surface area contributed by atoms with Crippen molar-refractivity contribution in [2.75, 3.05) is 11.9 Å². The summed E-state index contributed by atoms with van der Waals surface area (Å²) in [6.07, 6.45) is 1.89. The number of nitrogens with one attached hydrogen (secondary N) is 2. The maximum absolute atomic E-state index is 12.0. The first kappa shape index (κ1) is 13.6. The van der Waals surface area contributed by atoms with Crippen LogP contribution in [0.4, 0.5) is 5.82 Å². The minimum Gasteiger partial charge on any atom is -0.461 e. The predicted octanol–water partition coefficient (Wildman–Crippen LogP) is 1.96. The van der Waals surface area contributed by atoms with Crippen molar-refractivity contribution in [3.8, 4) is 0 Å². The van der Waals surface area contributed by atoms with Gasteiger partial charge in [-0.05, 0) is 25.2 Å². The van der Waals surface area contributed by atoms with E-state index < -0.39 is 5.97 Å². The molecule has 104 valence electrons. The smallest absolute Gasteiger partial charge is 0.356 e. The summed E-state index contributed by atoms with van der Waals surface area (Å²) in [4.78, 5) is 23.4. The molecule has 1 aliphatic carbocycles. The Morgan fingerprint density at radius 2 is 2.32 bits per heavy atom. The molecule has 0 radical (unpaired) electrons. The van der Waals surface area contributed by atoms with Crippen LogP contribution in [0.5, 0.6) is 0 Å². The van der Waals surface area contributed by atoms with Crippen molar-refractivity contribution in [2.24, 2.45) is 11.3 Å². The average molecular weight is 265 g/mol. The number of esters is 1. The molecule has 0 aliphatic heterocycles. The maximum atomic E-state index is 12.0. The number of amides is 1. The number of carbonyl (C=O) groups excluding carboxylic acids is 2. The summed E-state index contributed by atoms with van der Waals surface area (Å²) < 4.78 is 4.83. The molecule has 19 heavy (non-hydrogen) atoms. The van der Waals surface area contributed by atoms with Crippen LogP contribution >= 0.6 is 0 Å². The fraction of sp³-hybridized carbons (Fsp3) is 0.615. The summed E-state index contributed by atoms with van der Waals surface area (Å²) in [5.41, 5.74) is 0.357. The molecule has 0 spiro atoms. The molecule has 0 unspecified atom stereocenters. The standard InChI is InChI=1S/C13H19N3O3/c1-4-13(3)7-8(13)11(17)14-10-6-9(15-16-10)12(18)19-5-2/h6,8H,4-5,7H2,1-3H3,(H2,14,15,16,17)/t8-,13+/m0/s1. The van der Waals surface area contributed by atoms with E-state index in [-0.39, 0.29) is 22.9 Å². The number of aromatic nitrogens is 2. The molecule has 2 N–H and O–H groups in total. The van der Waals surface area contributed by atoms with Crippen molar-refractivity contribution in [3.63, 3.8) is 0 Å². The zero-order valence-corrected chi connectivity index (χ0v) is 11.4. The number of H-pyrrole nitrogens is 1. The highest BCUT2D eigenvalue weighted by Crippen LogP contribution is 2.54. The minimum atomic E-state index is -0.472. The van der Waals surface area contributed by atoms with E-state index >= 15 is 0 Å². The van der Waals surface area contributed by atoms with Crippen LogP contribution < -0.4 is 5.32 Å². The molecular weight excluding hydrogens is 246 g/mol. The third-order valence-corrected chi connectivity index (χ3v) is 3.80. The number of carbonyl (C=O) groups is 2. The zero-order valence-electron chi connectivity index (χ0n) is 11.4. The first-order valence-electron chi connectivity index (χ1n) is 6.53. The lowest BCUT2D eigenvalue weighted by atomic mass is 10.0. The first-order valence-corrected chi connectivity index (χ1v) is 6.53. The van der Waals surface area contributed by atoms with E-state index in [4.69, 9.17) is 4.74 Å². The Balaban J connectivity index is 1.94. The molecule has 1 aromatic rings. The monoisotopic (exact) mass is 265 g/mol. The van der Waals surface area contributed by atoms with Gasteiger partial charge in [0.15, 0.2) is 5.82 Å². The summed E-state index contributed by atoms with van der Waals surface area (Å²) in [7, 11) is 0. The molecule has 6 heteroatoms. The third-order valence-electron chi connectivity index (χ3n) is 3.80. The van der Waals surface area contributed by atoms with Gasteiger partial charge >= 0.3 is 5.97 Å². The van der Waals surface area contributed by atoms with Gasteiger partial charge in [0.25, 0.3) is 0 Å². The number of hydrogen-bond donors (Lipinski definition) is 2. The number of nitrogens with zero attached hydrogens (tertiary/aromatic N) is 1. The predicted molar refractivity (Wildman–Crippen MR) is 69.7 cm³/mol. The lowest BCUT2D eigenvalue weighted by Gasteiger charge is -2.06. The van der Waals surface area contributed by atoms with Crippen LogP contribution in [0.2, 0.25) is 0 Å². The number of rotatable bonds is 5. The average Bonchev–Trinajstić information content (AvgIpc) is 2.85. The van der Waals surface area contributed by atoms with Gasteiger partial charge in [0, 0.05) is 12.0 Å². The fourth-order valence-corrected chi connectivity index (χ4v) is 2.12. The van der Waals surface area contributed by atoms with Crippen molar-refractivity contribution < 1.29 is 14.3 Å². The van der Waals surface area contributed by atoms with Crippen LogP contribution in [0.25, 0.3) is 0 Å². The molecule has 0 bridgehead atoms. The fourth-order valence-electron chi connectivity index (χ4n) is 2.12. The third kappa shape index (κ3) is 2.77. The van der Waals surface area contributed by atoms with Crippen molar-refractivity contribution >= 4 is 17.7 Å². The molecule has 2 atom stereocenters. The number of anilines is 1. The van der Waals surface area contributed by atoms with Gasteiger partial charge in [-0.15, -0.1) is 0 Å².